The lowest BCUT2D eigenvalue weighted by Crippen LogP contribution is -2.01. The predicted octanol–water partition coefficient (Wildman–Crippen LogP) is 3.11. The van der Waals surface area contributed by atoms with E-state index in [0.717, 1.165) is 30.2 Å². The van der Waals surface area contributed by atoms with Crippen LogP contribution >= 0.6 is 11.8 Å². The Balaban J connectivity index is 1.95. The van der Waals surface area contributed by atoms with Crippen LogP contribution in [0.5, 0.6) is 0 Å². The lowest BCUT2D eigenvalue weighted by atomic mass is 10.3. The highest BCUT2D eigenvalue weighted by Gasteiger charge is 2.05. The Kier molecular flexibility index (Phi) is 4.52. The van der Waals surface area contributed by atoms with Gasteiger partial charge >= 0.3 is 0 Å². The van der Waals surface area contributed by atoms with Gasteiger partial charge in [0.1, 0.15) is 5.82 Å². The minimum atomic E-state index is 0.802. The van der Waals surface area contributed by atoms with Crippen LogP contribution in [0.15, 0.2) is 35.4 Å². The number of nitrogens with one attached hydrogen (secondary N) is 2. The Morgan fingerprint density at radius 3 is 3.11 bits per heavy atom. The molecule has 0 saturated heterocycles. The first-order chi connectivity index (χ1) is 8.79. The van der Waals surface area contributed by atoms with Crippen molar-refractivity contribution in [3.05, 3.63) is 36.0 Å². The van der Waals surface area contributed by atoms with Gasteiger partial charge in [0, 0.05) is 28.4 Å². The number of benzene rings is 1. The number of hydrogen-bond acceptors (Lipinski definition) is 4. The number of aromatic amines is 1. The van der Waals surface area contributed by atoms with Crippen molar-refractivity contribution in [1.29, 1.82) is 0 Å². The summed E-state index contributed by atoms with van der Waals surface area (Å²) >= 11 is 1.76. The van der Waals surface area contributed by atoms with Crippen LogP contribution in [0.2, 0.25) is 0 Å². The predicted molar refractivity (Wildman–Crippen MR) is 77.8 cm³/mol. The molecule has 1 heterocycles. The SMILES string of the molecule is CCCNc1[nH]ncc1CSc1cccc(N)c1. The van der Waals surface area contributed by atoms with Gasteiger partial charge in [-0.2, -0.15) is 5.10 Å². The zero-order valence-electron chi connectivity index (χ0n) is 10.4. The summed E-state index contributed by atoms with van der Waals surface area (Å²) in [6.45, 7) is 3.10. The number of nitrogens with zero attached hydrogens (tertiary/aromatic N) is 1. The van der Waals surface area contributed by atoms with E-state index in [9.17, 15) is 0 Å². The van der Waals surface area contributed by atoms with Crippen molar-refractivity contribution in [3.63, 3.8) is 0 Å². The van der Waals surface area contributed by atoms with Gasteiger partial charge in [0.05, 0.1) is 6.20 Å². The Hall–Kier alpha value is -1.62. The fourth-order valence-electron chi connectivity index (χ4n) is 1.59. The minimum Gasteiger partial charge on any atom is -0.399 e. The molecule has 0 saturated carbocycles. The summed E-state index contributed by atoms with van der Waals surface area (Å²) in [7, 11) is 0. The lowest BCUT2D eigenvalue weighted by molar-refractivity contribution is 0.959. The van der Waals surface area contributed by atoms with Crippen LogP contribution in [0.3, 0.4) is 0 Å². The van der Waals surface area contributed by atoms with Crippen molar-refractivity contribution in [1.82, 2.24) is 10.2 Å². The Labute approximate surface area is 111 Å². The second kappa shape index (κ2) is 6.35. The van der Waals surface area contributed by atoms with Crippen LogP contribution < -0.4 is 11.1 Å². The van der Waals surface area contributed by atoms with Gasteiger partial charge in [0.2, 0.25) is 0 Å². The highest BCUT2D eigenvalue weighted by molar-refractivity contribution is 7.98. The Morgan fingerprint density at radius 1 is 1.44 bits per heavy atom. The quantitative estimate of drug-likeness (QED) is 0.553. The summed E-state index contributed by atoms with van der Waals surface area (Å²) in [6.07, 6.45) is 2.97. The molecule has 1 aromatic heterocycles. The number of aromatic nitrogens is 2. The van der Waals surface area contributed by atoms with Gasteiger partial charge in [0.15, 0.2) is 0 Å². The lowest BCUT2D eigenvalue weighted by Gasteiger charge is -2.05. The first-order valence-corrected chi connectivity index (χ1v) is 7.02. The van der Waals surface area contributed by atoms with E-state index < -0.39 is 0 Å². The third-order valence-corrected chi connectivity index (χ3v) is 3.56. The van der Waals surface area contributed by atoms with Crippen LogP contribution in [0.25, 0.3) is 0 Å². The molecule has 96 valence electrons. The van der Waals surface area contributed by atoms with Gasteiger partial charge in [0.25, 0.3) is 0 Å². The molecule has 4 N–H and O–H groups in total. The van der Waals surface area contributed by atoms with Crippen molar-refractivity contribution < 1.29 is 0 Å². The van der Waals surface area contributed by atoms with Crippen LogP contribution in [0, 0.1) is 0 Å². The van der Waals surface area contributed by atoms with Crippen molar-refractivity contribution in [2.75, 3.05) is 17.6 Å². The van der Waals surface area contributed by atoms with E-state index in [1.54, 1.807) is 11.8 Å². The number of nitrogens with two attached hydrogens (primary N) is 1. The second-order valence-electron chi connectivity index (χ2n) is 4.06. The van der Waals surface area contributed by atoms with Crippen molar-refractivity contribution in [2.45, 2.75) is 24.0 Å². The van der Waals surface area contributed by atoms with Crippen molar-refractivity contribution in [2.24, 2.45) is 0 Å². The number of rotatable bonds is 6. The van der Waals surface area contributed by atoms with Gasteiger partial charge < -0.3 is 11.1 Å². The first-order valence-electron chi connectivity index (χ1n) is 6.04. The van der Waals surface area contributed by atoms with Crippen LogP contribution in [0.4, 0.5) is 11.5 Å². The van der Waals surface area contributed by atoms with E-state index in [1.165, 1.54) is 10.5 Å². The summed E-state index contributed by atoms with van der Waals surface area (Å²) in [6, 6.07) is 7.93. The van der Waals surface area contributed by atoms with Crippen LogP contribution in [0.1, 0.15) is 18.9 Å². The zero-order chi connectivity index (χ0) is 12.8. The summed E-state index contributed by atoms with van der Waals surface area (Å²) < 4.78 is 0. The molecular weight excluding hydrogens is 244 g/mol. The molecule has 0 spiro atoms. The van der Waals surface area contributed by atoms with Crippen molar-refractivity contribution >= 4 is 23.3 Å². The molecule has 0 bridgehead atoms. The molecule has 4 nitrogen and oxygen atoms in total. The van der Waals surface area contributed by atoms with Gasteiger partial charge in [-0.05, 0) is 24.6 Å². The van der Waals surface area contributed by atoms with E-state index in [4.69, 9.17) is 5.73 Å². The highest BCUT2D eigenvalue weighted by atomic mass is 32.2. The van der Waals surface area contributed by atoms with Gasteiger partial charge in [-0.25, -0.2) is 0 Å². The molecule has 18 heavy (non-hydrogen) atoms. The Bertz CT molecular complexity index is 495. The van der Waals surface area contributed by atoms with Gasteiger partial charge in [-0.1, -0.05) is 13.0 Å². The fraction of sp³-hybridized carbons (Fsp3) is 0.308. The third-order valence-electron chi connectivity index (χ3n) is 2.52. The molecule has 0 radical (unpaired) electrons. The molecular formula is C13H18N4S. The van der Waals surface area contributed by atoms with E-state index in [1.807, 2.05) is 24.4 Å². The van der Waals surface area contributed by atoms with Crippen LogP contribution in [-0.2, 0) is 5.75 Å². The zero-order valence-corrected chi connectivity index (χ0v) is 11.3. The van der Waals surface area contributed by atoms with E-state index >= 15 is 0 Å². The topological polar surface area (TPSA) is 66.7 Å². The average Bonchev–Trinajstić information content (AvgIpc) is 2.81. The van der Waals surface area contributed by atoms with Gasteiger partial charge in [-0.15, -0.1) is 11.8 Å². The summed E-state index contributed by atoms with van der Waals surface area (Å²) in [4.78, 5) is 1.18. The van der Waals surface area contributed by atoms with E-state index in [-0.39, 0.29) is 0 Å². The second-order valence-corrected chi connectivity index (χ2v) is 5.11. The Morgan fingerprint density at radius 2 is 2.33 bits per heavy atom. The molecule has 0 aliphatic carbocycles. The summed E-state index contributed by atoms with van der Waals surface area (Å²) in [5.74, 6) is 1.90. The largest absolute Gasteiger partial charge is 0.399 e. The molecule has 2 aromatic rings. The molecule has 0 atom stereocenters. The molecule has 0 aliphatic rings. The number of anilines is 2. The maximum atomic E-state index is 5.76. The van der Waals surface area contributed by atoms with Crippen molar-refractivity contribution in [3.8, 4) is 0 Å². The highest BCUT2D eigenvalue weighted by Crippen LogP contribution is 2.26. The van der Waals surface area contributed by atoms with Gasteiger partial charge in [-0.3, -0.25) is 5.10 Å². The number of hydrogen-bond donors (Lipinski definition) is 3. The summed E-state index contributed by atoms with van der Waals surface area (Å²) in [5.41, 5.74) is 7.75. The normalized spacial score (nSPS) is 10.5. The molecule has 5 heteroatoms. The van der Waals surface area contributed by atoms with E-state index in [0.29, 0.717) is 0 Å². The number of H-pyrrole nitrogens is 1. The summed E-state index contributed by atoms with van der Waals surface area (Å²) in [5, 5.41) is 10.4. The first kappa shape index (κ1) is 12.8. The van der Waals surface area contributed by atoms with E-state index in [2.05, 4.69) is 28.5 Å². The monoisotopic (exact) mass is 262 g/mol. The molecule has 0 amide bonds. The fourth-order valence-corrected chi connectivity index (χ4v) is 2.52. The van der Waals surface area contributed by atoms with Crippen LogP contribution in [-0.4, -0.2) is 16.7 Å². The molecule has 2 rings (SSSR count). The standard InChI is InChI=1S/C13H18N4S/c1-2-6-15-13-10(8-16-17-13)9-18-12-5-3-4-11(14)7-12/h3-5,7-8H,2,6,9,14H2,1H3,(H2,15,16,17). The molecule has 1 aromatic carbocycles. The maximum absolute atomic E-state index is 5.76. The molecule has 0 fully saturated rings. The minimum absolute atomic E-state index is 0.802. The number of nitrogen functional groups attached to an aromatic ring is 1. The average molecular weight is 262 g/mol. The number of thioether (sulfide) groups is 1. The smallest absolute Gasteiger partial charge is 0.125 e. The third kappa shape index (κ3) is 3.43. The maximum Gasteiger partial charge on any atom is 0.125 e. The molecule has 0 unspecified atom stereocenters. The molecule has 0 aliphatic heterocycles.